The van der Waals surface area contributed by atoms with Gasteiger partial charge in [-0.1, -0.05) is 12.8 Å². The summed E-state index contributed by atoms with van der Waals surface area (Å²) in [5, 5.41) is 12.5. The van der Waals surface area contributed by atoms with Crippen molar-refractivity contribution in [3.63, 3.8) is 0 Å². The highest BCUT2D eigenvalue weighted by Crippen LogP contribution is 2.25. The van der Waals surface area contributed by atoms with E-state index in [4.69, 9.17) is 5.11 Å². The first-order chi connectivity index (χ1) is 7.66. The summed E-state index contributed by atoms with van der Waals surface area (Å²) in [4.78, 5) is 11.1. The summed E-state index contributed by atoms with van der Waals surface area (Å²) in [6.07, 6.45) is 4.77. The fraction of sp³-hybridized carbons (Fsp3) is 0.417. The van der Waals surface area contributed by atoms with E-state index in [9.17, 15) is 4.79 Å². The van der Waals surface area contributed by atoms with E-state index in [1.54, 1.807) is 6.07 Å². The Balaban J connectivity index is 2.21. The van der Waals surface area contributed by atoms with Gasteiger partial charge in [0.15, 0.2) is 0 Å². The van der Waals surface area contributed by atoms with Gasteiger partial charge in [0, 0.05) is 15.3 Å². The Morgan fingerprint density at radius 3 is 2.69 bits per heavy atom. The Bertz CT molecular complexity index is 400. The number of benzene rings is 1. The third kappa shape index (κ3) is 2.66. The molecule has 0 saturated heterocycles. The molecule has 1 aliphatic rings. The number of carboxylic acids is 1. The molecule has 1 saturated carbocycles. The van der Waals surface area contributed by atoms with Crippen LogP contribution < -0.4 is 5.32 Å². The van der Waals surface area contributed by atoms with Crippen molar-refractivity contribution in [1.29, 1.82) is 0 Å². The van der Waals surface area contributed by atoms with Gasteiger partial charge in [-0.2, -0.15) is 0 Å². The molecule has 0 unspecified atom stereocenters. The molecule has 1 aliphatic carbocycles. The standard InChI is InChI=1S/C12H14INO2/c13-8-5-6-11(10(7-8)12(15)16)14-9-3-1-2-4-9/h5-7,9,14H,1-4H2,(H,15,16). The monoisotopic (exact) mass is 331 g/mol. The van der Waals surface area contributed by atoms with Crippen molar-refractivity contribution in [3.05, 3.63) is 27.3 Å². The van der Waals surface area contributed by atoms with E-state index in [1.807, 2.05) is 12.1 Å². The molecule has 0 bridgehead atoms. The number of hydrogen-bond donors (Lipinski definition) is 2. The molecular weight excluding hydrogens is 317 g/mol. The quantitative estimate of drug-likeness (QED) is 0.835. The zero-order chi connectivity index (χ0) is 11.5. The molecule has 0 aliphatic heterocycles. The maximum absolute atomic E-state index is 11.1. The molecule has 0 atom stereocenters. The maximum atomic E-state index is 11.1. The van der Waals surface area contributed by atoms with Crippen LogP contribution in [0.2, 0.25) is 0 Å². The number of aromatic carboxylic acids is 1. The molecule has 4 heteroatoms. The van der Waals surface area contributed by atoms with Crippen LogP contribution in [0.25, 0.3) is 0 Å². The van der Waals surface area contributed by atoms with Crippen LogP contribution in [0.1, 0.15) is 36.0 Å². The summed E-state index contributed by atoms with van der Waals surface area (Å²) in [6.45, 7) is 0. The van der Waals surface area contributed by atoms with Gasteiger partial charge >= 0.3 is 5.97 Å². The van der Waals surface area contributed by atoms with Crippen LogP contribution >= 0.6 is 22.6 Å². The molecule has 1 fully saturated rings. The van der Waals surface area contributed by atoms with Crippen molar-refractivity contribution in [2.24, 2.45) is 0 Å². The highest BCUT2D eigenvalue weighted by Gasteiger charge is 2.17. The van der Waals surface area contributed by atoms with Crippen molar-refractivity contribution in [3.8, 4) is 0 Å². The summed E-state index contributed by atoms with van der Waals surface area (Å²) >= 11 is 2.13. The molecule has 0 radical (unpaired) electrons. The van der Waals surface area contributed by atoms with Gasteiger partial charge in [-0.25, -0.2) is 4.79 Å². The first-order valence-electron chi connectivity index (χ1n) is 5.46. The van der Waals surface area contributed by atoms with E-state index in [-0.39, 0.29) is 0 Å². The molecule has 86 valence electrons. The van der Waals surface area contributed by atoms with Gasteiger partial charge in [0.05, 0.1) is 5.56 Å². The molecule has 16 heavy (non-hydrogen) atoms. The molecule has 2 rings (SSSR count). The Hall–Kier alpha value is -0.780. The lowest BCUT2D eigenvalue weighted by molar-refractivity contribution is 0.0698. The summed E-state index contributed by atoms with van der Waals surface area (Å²) < 4.78 is 0.951. The zero-order valence-electron chi connectivity index (χ0n) is 8.87. The number of carbonyl (C=O) groups is 1. The van der Waals surface area contributed by atoms with E-state index in [0.29, 0.717) is 11.6 Å². The van der Waals surface area contributed by atoms with Crippen molar-refractivity contribution in [2.75, 3.05) is 5.32 Å². The lowest BCUT2D eigenvalue weighted by atomic mass is 10.1. The second-order valence-corrected chi connectivity index (χ2v) is 5.37. The largest absolute Gasteiger partial charge is 0.478 e. The first-order valence-corrected chi connectivity index (χ1v) is 6.54. The predicted molar refractivity (Wildman–Crippen MR) is 72.0 cm³/mol. The molecule has 0 amide bonds. The third-order valence-electron chi connectivity index (χ3n) is 2.93. The van der Waals surface area contributed by atoms with Crippen LogP contribution in [0.4, 0.5) is 5.69 Å². The second kappa shape index (κ2) is 5.03. The minimum Gasteiger partial charge on any atom is -0.478 e. The van der Waals surface area contributed by atoms with Crippen molar-refractivity contribution in [2.45, 2.75) is 31.7 Å². The zero-order valence-corrected chi connectivity index (χ0v) is 11.0. The number of anilines is 1. The lowest BCUT2D eigenvalue weighted by Crippen LogP contribution is -2.17. The van der Waals surface area contributed by atoms with E-state index in [1.165, 1.54) is 12.8 Å². The van der Waals surface area contributed by atoms with Gasteiger partial charge in [-0.3, -0.25) is 0 Å². The fourth-order valence-electron chi connectivity index (χ4n) is 2.11. The Labute approximate surface area is 108 Å². The molecule has 0 aromatic heterocycles. The molecule has 3 nitrogen and oxygen atoms in total. The molecule has 1 aromatic rings. The minimum atomic E-state index is -0.862. The number of rotatable bonds is 3. The SMILES string of the molecule is O=C(O)c1cc(I)ccc1NC1CCCC1. The average Bonchev–Trinajstić information content (AvgIpc) is 2.73. The van der Waals surface area contributed by atoms with Gasteiger partial charge in [0.25, 0.3) is 0 Å². The molecule has 2 N–H and O–H groups in total. The van der Waals surface area contributed by atoms with Gasteiger partial charge in [0.2, 0.25) is 0 Å². The Morgan fingerprint density at radius 1 is 1.38 bits per heavy atom. The topological polar surface area (TPSA) is 49.3 Å². The normalized spacial score (nSPS) is 16.3. The molecule has 0 spiro atoms. The maximum Gasteiger partial charge on any atom is 0.337 e. The Kier molecular flexibility index (Phi) is 3.68. The van der Waals surface area contributed by atoms with Crippen molar-refractivity contribution in [1.82, 2.24) is 0 Å². The average molecular weight is 331 g/mol. The summed E-state index contributed by atoms with van der Waals surface area (Å²) in [6, 6.07) is 5.95. The smallest absolute Gasteiger partial charge is 0.337 e. The second-order valence-electron chi connectivity index (χ2n) is 4.12. The number of hydrogen-bond acceptors (Lipinski definition) is 2. The molecular formula is C12H14INO2. The van der Waals surface area contributed by atoms with E-state index in [2.05, 4.69) is 27.9 Å². The summed E-state index contributed by atoms with van der Waals surface area (Å²) in [5.41, 5.74) is 1.12. The molecule has 0 heterocycles. The lowest BCUT2D eigenvalue weighted by Gasteiger charge is -2.15. The highest BCUT2D eigenvalue weighted by atomic mass is 127. The van der Waals surface area contributed by atoms with Crippen LogP contribution in [0, 0.1) is 3.57 Å². The first kappa shape index (κ1) is 11.7. The van der Waals surface area contributed by atoms with Crippen LogP contribution in [-0.2, 0) is 0 Å². The van der Waals surface area contributed by atoms with Gasteiger partial charge < -0.3 is 10.4 Å². The number of carboxylic acid groups (broad SMARTS) is 1. The summed E-state index contributed by atoms with van der Waals surface area (Å²) in [5.74, 6) is -0.862. The minimum absolute atomic E-state index is 0.374. The number of nitrogens with one attached hydrogen (secondary N) is 1. The van der Waals surface area contributed by atoms with Crippen LogP contribution in [-0.4, -0.2) is 17.1 Å². The van der Waals surface area contributed by atoms with Crippen LogP contribution in [0.3, 0.4) is 0 Å². The van der Waals surface area contributed by atoms with Crippen LogP contribution in [0.5, 0.6) is 0 Å². The highest BCUT2D eigenvalue weighted by molar-refractivity contribution is 14.1. The van der Waals surface area contributed by atoms with Gasteiger partial charge in [-0.05, 0) is 53.6 Å². The van der Waals surface area contributed by atoms with E-state index in [0.717, 1.165) is 22.1 Å². The molecule has 1 aromatic carbocycles. The third-order valence-corrected chi connectivity index (χ3v) is 3.60. The van der Waals surface area contributed by atoms with Crippen molar-refractivity contribution >= 4 is 34.2 Å². The van der Waals surface area contributed by atoms with Crippen molar-refractivity contribution < 1.29 is 9.90 Å². The fourth-order valence-corrected chi connectivity index (χ4v) is 2.60. The Morgan fingerprint density at radius 2 is 2.06 bits per heavy atom. The van der Waals surface area contributed by atoms with Crippen LogP contribution in [0.15, 0.2) is 18.2 Å². The van der Waals surface area contributed by atoms with Gasteiger partial charge in [0.1, 0.15) is 0 Å². The van der Waals surface area contributed by atoms with E-state index < -0.39 is 5.97 Å². The number of halogens is 1. The van der Waals surface area contributed by atoms with E-state index >= 15 is 0 Å². The predicted octanol–water partition coefficient (Wildman–Crippen LogP) is 3.34. The van der Waals surface area contributed by atoms with Gasteiger partial charge in [-0.15, -0.1) is 0 Å². The summed E-state index contributed by atoms with van der Waals surface area (Å²) in [7, 11) is 0.